The zero-order valence-corrected chi connectivity index (χ0v) is 16.2. The van der Waals surface area contributed by atoms with Gasteiger partial charge in [0, 0.05) is 23.5 Å². The van der Waals surface area contributed by atoms with Gasteiger partial charge in [0.05, 0.1) is 11.2 Å². The minimum Gasteiger partial charge on any atom is -0.488 e. The van der Waals surface area contributed by atoms with Crippen LogP contribution in [0, 0.1) is 0 Å². The summed E-state index contributed by atoms with van der Waals surface area (Å²) in [5, 5.41) is 9.98. The number of hydrogen-bond donors (Lipinski definition) is 3. The Morgan fingerprint density at radius 2 is 2.04 bits per heavy atom. The molecule has 1 aliphatic heterocycles. The molecule has 2 aromatic carbocycles. The standard InChI is InChI=1S/C22H24N4O2/c1-13(2)23-22(27)24-17-8-9-18-15(12-17)7-10-20(25-18)26-19-6-4-5-16-11-14(3)28-21(16)19/h4-10,12-14H,11H2,1-3H3,(H,25,26)(H2,23,24,27)/t14-/m0/s1. The molecule has 4 rings (SSSR count). The third kappa shape index (κ3) is 3.86. The number of fused-ring (bicyclic) bond motifs is 2. The molecule has 0 saturated heterocycles. The second-order valence-electron chi connectivity index (χ2n) is 7.41. The minimum absolute atomic E-state index is 0.0853. The Labute approximate surface area is 164 Å². The second-order valence-corrected chi connectivity index (χ2v) is 7.41. The van der Waals surface area contributed by atoms with E-state index in [-0.39, 0.29) is 18.2 Å². The van der Waals surface area contributed by atoms with E-state index < -0.39 is 0 Å². The summed E-state index contributed by atoms with van der Waals surface area (Å²) in [6.07, 6.45) is 1.12. The van der Waals surface area contributed by atoms with Crippen LogP contribution < -0.4 is 20.7 Å². The van der Waals surface area contributed by atoms with E-state index in [0.717, 1.165) is 40.3 Å². The number of nitrogens with one attached hydrogen (secondary N) is 3. The van der Waals surface area contributed by atoms with E-state index in [1.165, 1.54) is 5.56 Å². The Morgan fingerprint density at radius 3 is 2.86 bits per heavy atom. The third-order valence-electron chi connectivity index (χ3n) is 4.55. The molecule has 0 saturated carbocycles. The van der Waals surface area contributed by atoms with Crippen molar-refractivity contribution in [1.82, 2.24) is 10.3 Å². The van der Waals surface area contributed by atoms with E-state index in [1.54, 1.807) is 0 Å². The Kier molecular flexibility index (Phi) is 4.77. The van der Waals surface area contributed by atoms with Crippen LogP contribution in [0.15, 0.2) is 48.5 Å². The highest BCUT2D eigenvalue weighted by Gasteiger charge is 2.21. The van der Waals surface area contributed by atoms with Crippen LogP contribution in [-0.2, 0) is 6.42 Å². The van der Waals surface area contributed by atoms with Crippen LogP contribution in [0.3, 0.4) is 0 Å². The number of nitrogens with zero attached hydrogens (tertiary/aromatic N) is 1. The fourth-order valence-corrected chi connectivity index (χ4v) is 3.38. The number of carbonyl (C=O) groups excluding carboxylic acids is 1. The molecule has 3 N–H and O–H groups in total. The van der Waals surface area contributed by atoms with E-state index >= 15 is 0 Å². The number of anilines is 3. The van der Waals surface area contributed by atoms with Gasteiger partial charge < -0.3 is 20.7 Å². The topological polar surface area (TPSA) is 75.3 Å². The zero-order valence-electron chi connectivity index (χ0n) is 16.2. The van der Waals surface area contributed by atoms with Gasteiger partial charge in [0.15, 0.2) is 0 Å². The lowest BCUT2D eigenvalue weighted by Crippen LogP contribution is -2.34. The van der Waals surface area contributed by atoms with Crippen LogP contribution in [-0.4, -0.2) is 23.2 Å². The quantitative estimate of drug-likeness (QED) is 0.609. The summed E-state index contributed by atoms with van der Waals surface area (Å²) in [6, 6.07) is 15.6. The molecule has 0 unspecified atom stereocenters. The molecule has 0 spiro atoms. The molecule has 2 amide bonds. The lowest BCUT2D eigenvalue weighted by atomic mass is 10.1. The van der Waals surface area contributed by atoms with Crippen molar-refractivity contribution in [1.29, 1.82) is 0 Å². The highest BCUT2D eigenvalue weighted by Crippen LogP contribution is 2.37. The second kappa shape index (κ2) is 7.38. The number of ether oxygens (including phenoxy) is 1. The first-order valence-electron chi connectivity index (χ1n) is 9.52. The number of pyridine rings is 1. The predicted octanol–water partition coefficient (Wildman–Crippen LogP) is 4.83. The molecule has 2 heterocycles. The minimum atomic E-state index is -0.215. The first-order chi connectivity index (χ1) is 13.5. The smallest absolute Gasteiger partial charge is 0.319 e. The number of para-hydroxylation sites is 1. The molecule has 1 atom stereocenters. The number of urea groups is 1. The van der Waals surface area contributed by atoms with Gasteiger partial charge in [-0.15, -0.1) is 0 Å². The highest BCUT2D eigenvalue weighted by molar-refractivity contribution is 5.93. The summed E-state index contributed by atoms with van der Waals surface area (Å²) < 4.78 is 5.94. The summed E-state index contributed by atoms with van der Waals surface area (Å²) in [5.74, 6) is 1.66. The van der Waals surface area contributed by atoms with Crippen molar-refractivity contribution >= 4 is 34.1 Å². The van der Waals surface area contributed by atoms with Gasteiger partial charge in [-0.2, -0.15) is 0 Å². The average Bonchev–Trinajstić information content (AvgIpc) is 3.02. The fourth-order valence-electron chi connectivity index (χ4n) is 3.38. The van der Waals surface area contributed by atoms with Crippen molar-refractivity contribution in [3.63, 3.8) is 0 Å². The van der Waals surface area contributed by atoms with Crippen LogP contribution in [0.25, 0.3) is 10.9 Å². The zero-order chi connectivity index (χ0) is 19.7. The maximum atomic E-state index is 11.9. The molecule has 28 heavy (non-hydrogen) atoms. The molecule has 0 fully saturated rings. The molecule has 0 bridgehead atoms. The maximum Gasteiger partial charge on any atom is 0.319 e. The number of benzene rings is 2. The monoisotopic (exact) mass is 376 g/mol. The molecular weight excluding hydrogens is 352 g/mol. The third-order valence-corrected chi connectivity index (χ3v) is 4.55. The van der Waals surface area contributed by atoms with Crippen molar-refractivity contribution in [2.75, 3.05) is 10.6 Å². The van der Waals surface area contributed by atoms with Gasteiger partial charge in [-0.3, -0.25) is 0 Å². The highest BCUT2D eigenvalue weighted by atomic mass is 16.5. The fraction of sp³-hybridized carbons (Fsp3) is 0.273. The van der Waals surface area contributed by atoms with Gasteiger partial charge in [-0.05, 0) is 62.7 Å². The Balaban J connectivity index is 1.54. The molecule has 3 aromatic rings. The van der Waals surface area contributed by atoms with Gasteiger partial charge in [0.2, 0.25) is 0 Å². The van der Waals surface area contributed by atoms with Gasteiger partial charge >= 0.3 is 6.03 Å². The van der Waals surface area contributed by atoms with Gasteiger partial charge in [0.25, 0.3) is 0 Å². The molecule has 1 aromatic heterocycles. The molecular formula is C22H24N4O2. The van der Waals surface area contributed by atoms with Crippen molar-refractivity contribution in [2.24, 2.45) is 0 Å². The summed E-state index contributed by atoms with van der Waals surface area (Å²) in [7, 11) is 0. The molecule has 0 aliphatic carbocycles. The number of aromatic nitrogens is 1. The Hall–Kier alpha value is -3.28. The predicted molar refractivity (Wildman–Crippen MR) is 113 cm³/mol. The van der Waals surface area contributed by atoms with Crippen LogP contribution >= 0.6 is 0 Å². The molecule has 0 radical (unpaired) electrons. The normalized spacial score (nSPS) is 15.2. The van der Waals surface area contributed by atoms with E-state index in [0.29, 0.717) is 0 Å². The number of hydrogen-bond acceptors (Lipinski definition) is 4. The van der Waals surface area contributed by atoms with Crippen LogP contribution in [0.5, 0.6) is 5.75 Å². The van der Waals surface area contributed by atoms with E-state index in [9.17, 15) is 4.79 Å². The van der Waals surface area contributed by atoms with Gasteiger partial charge in [-0.25, -0.2) is 9.78 Å². The van der Waals surface area contributed by atoms with Crippen molar-refractivity contribution < 1.29 is 9.53 Å². The van der Waals surface area contributed by atoms with Crippen molar-refractivity contribution in [3.8, 4) is 5.75 Å². The summed E-state index contributed by atoms with van der Waals surface area (Å²) >= 11 is 0. The average molecular weight is 376 g/mol. The van der Waals surface area contributed by atoms with Crippen LogP contribution in [0.4, 0.5) is 22.0 Å². The molecule has 6 nitrogen and oxygen atoms in total. The molecule has 6 heteroatoms. The Morgan fingerprint density at radius 1 is 1.18 bits per heavy atom. The Bertz CT molecular complexity index is 1030. The lowest BCUT2D eigenvalue weighted by molar-refractivity contribution is 0.250. The van der Waals surface area contributed by atoms with Crippen molar-refractivity contribution in [3.05, 3.63) is 54.1 Å². The number of rotatable bonds is 4. The summed E-state index contributed by atoms with van der Waals surface area (Å²) in [6.45, 7) is 5.92. The maximum absolute atomic E-state index is 11.9. The van der Waals surface area contributed by atoms with Gasteiger partial charge in [-0.1, -0.05) is 12.1 Å². The first-order valence-corrected chi connectivity index (χ1v) is 9.52. The summed E-state index contributed by atoms with van der Waals surface area (Å²) in [5.41, 5.74) is 3.73. The van der Waals surface area contributed by atoms with E-state index in [1.807, 2.05) is 56.3 Å². The van der Waals surface area contributed by atoms with E-state index in [2.05, 4.69) is 33.9 Å². The largest absolute Gasteiger partial charge is 0.488 e. The molecule has 1 aliphatic rings. The van der Waals surface area contributed by atoms with E-state index in [4.69, 9.17) is 4.74 Å². The van der Waals surface area contributed by atoms with Gasteiger partial charge in [0.1, 0.15) is 17.7 Å². The van der Waals surface area contributed by atoms with Crippen LogP contribution in [0.1, 0.15) is 26.3 Å². The van der Waals surface area contributed by atoms with Crippen molar-refractivity contribution in [2.45, 2.75) is 39.3 Å². The number of amides is 2. The SMILES string of the molecule is CC(C)NC(=O)Nc1ccc2nc(Nc3cccc4c3O[C@@H](C)C4)ccc2c1. The van der Waals surface area contributed by atoms with Crippen LogP contribution in [0.2, 0.25) is 0 Å². The molecule has 144 valence electrons. The number of carbonyl (C=O) groups is 1. The first kappa shape index (κ1) is 18.1. The lowest BCUT2D eigenvalue weighted by Gasteiger charge is -2.12. The summed E-state index contributed by atoms with van der Waals surface area (Å²) in [4.78, 5) is 16.6.